The van der Waals surface area contributed by atoms with Crippen molar-refractivity contribution in [2.45, 2.75) is 44.6 Å². The van der Waals surface area contributed by atoms with Gasteiger partial charge in [0.25, 0.3) is 5.56 Å². The number of piperidine rings is 1. The lowest BCUT2D eigenvalue weighted by Crippen LogP contribution is -2.49. The molecular formula is C21H25F2N3O3. The van der Waals surface area contributed by atoms with Crippen molar-refractivity contribution in [3.8, 4) is 0 Å². The quantitative estimate of drug-likeness (QED) is 0.799. The number of nitrogens with zero attached hydrogens (tertiary/aromatic N) is 2. The molecule has 1 saturated heterocycles. The van der Waals surface area contributed by atoms with Gasteiger partial charge < -0.3 is 15.7 Å². The molecule has 0 radical (unpaired) electrons. The van der Waals surface area contributed by atoms with E-state index in [2.05, 4.69) is 0 Å². The number of carbonyl (C=O) groups is 1. The zero-order chi connectivity index (χ0) is 20.9. The van der Waals surface area contributed by atoms with Crippen LogP contribution in [0.15, 0.2) is 17.1 Å². The predicted molar refractivity (Wildman–Crippen MR) is 106 cm³/mol. The minimum absolute atomic E-state index is 0.0721. The summed E-state index contributed by atoms with van der Waals surface area (Å²) in [5, 5.41) is 9.39. The standard InChI is InChI=1S/C21H25F2N3O3/c1-11-18-14(12-2-3-12)8-15(21(28)29)20(27)26(18)9-16(23)19(11)25-7-5-13(4-6-22)17(24)10-25/h8-9,12-13,17H,2-7,10,24H2,1H3,(H,28,29)/t13-,17-/m1/s1. The molecule has 8 heteroatoms. The van der Waals surface area contributed by atoms with E-state index in [1.165, 1.54) is 6.07 Å². The number of carboxylic acid groups (broad SMARTS) is 1. The first kappa shape index (κ1) is 19.8. The van der Waals surface area contributed by atoms with Crippen LogP contribution in [0.4, 0.5) is 14.5 Å². The van der Waals surface area contributed by atoms with Gasteiger partial charge in [0.15, 0.2) is 5.82 Å². The molecule has 0 amide bonds. The molecular weight excluding hydrogens is 380 g/mol. The Bertz CT molecular complexity index is 1030. The number of nitrogens with two attached hydrogens (primary N) is 1. The van der Waals surface area contributed by atoms with Gasteiger partial charge in [0.1, 0.15) is 5.56 Å². The Hall–Kier alpha value is -2.48. The summed E-state index contributed by atoms with van der Waals surface area (Å²) in [4.78, 5) is 26.1. The van der Waals surface area contributed by atoms with Crippen LogP contribution in [0, 0.1) is 18.7 Å². The van der Waals surface area contributed by atoms with Crippen molar-refractivity contribution in [2.75, 3.05) is 24.7 Å². The number of aromatic nitrogens is 1. The molecule has 1 aliphatic carbocycles. The Morgan fingerprint density at radius 3 is 2.66 bits per heavy atom. The normalized spacial score (nSPS) is 22.3. The van der Waals surface area contributed by atoms with Crippen LogP contribution in [0.2, 0.25) is 0 Å². The molecule has 156 valence electrons. The molecule has 29 heavy (non-hydrogen) atoms. The van der Waals surface area contributed by atoms with Crippen molar-refractivity contribution in [1.82, 2.24) is 4.40 Å². The summed E-state index contributed by atoms with van der Waals surface area (Å²) in [5.74, 6) is -1.65. The molecule has 3 heterocycles. The van der Waals surface area contributed by atoms with Crippen molar-refractivity contribution in [3.05, 3.63) is 45.1 Å². The van der Waals surface area contributed by atoms with Crippen molar-refractivity contribution in [3.63, 3.8) is 0 Å². The fourth-order valence-electron chi connectivity index (χ4n) is 4.62. The lowest BCUT2D eigenvalue weighted by Gasteiger charge is -2.38. The molecule has 2 fully saturated rings. The maximum atomic E-state index is 15.1. The third-order valence-corrected chi connectivity index (χ3v) is 6.29. The van der Waals surface area contributed by atoms with Gasteiger partial charge in [-0.1, -0.05) is 0 Å². The summed E-state index contributed by atoms with van der Waals surface area (Å²) in [6.07, 6.45) is 4.01. The lowest BCUT2D eigenvalue weighted by atomic mass is 9.89. The SMILES string of the molecule is Cc1c(N2CC[C@@H](CCF)[C@H](N)C2)c(F)cn2c(=O)c(C(=O)O)cc(C3CC3)c12. The molecule has 2 aromatic heterocycles. The summed E-state index contributed by atoms with van der Waals surface area (Å²) in [7, 11) is 0. The highest BCUT2D eigenvalue weighted by Gasteiger charge is 2.32. The highest BCUT2D eigenvalue weighted by molar-refractivity contribution is 5.89. The van der Waals surface area contributed by atoms with Gasteiger partial charge in [-0.3, -0.25) is 13.6 Å². The first-order valence-electron chi connectivity index (χ1n) is 10.0. The van der Waals surface area contributed by atoms with Crippen LogP contribution >= 0.6 is 0 Å². The molecule has 6 nitrogen and oxygen atoms in total. The van der Waals surface area contributed by atoms with Crippen LogP contribution in [0.1, 0.15) is 53.1 Å². The second-order valence-corrected chi connectivity index (χ2v) is 8.20. The average Bonchev–Trinajstić information content (AvgIpc) is 3.49. The second-order valence-electron chi connectivity index (χ2n) is 8.20. The zero-order valence-corrected chi connectivity index (χ0v) is 16.3. The van der Waals surface area contributed by atoms with E-state index in [1.807, 2.05) is 4.90 Å². The fourth-order valence-corrected chi connectivity index (χ4v) is 4.62. The molecule has 3 N–H and O–H groups in total. The summed E-state index contributed by atoms with van der Waals surface area (Å²) < 4.78 is 29.0. The molecule has 2 atom stereocenters. The van der Waals surface area contributed by atoms with Crippen molar-refractivity contribution in [2.24, 2.45) is 11.7 Å². The van der Waals surface area contributed by atoms with Crippen LogP contribution < -0.4 is 16.2 Å². The van der Waals surface area contributed by atoms with Crippen LogP contribution in [-0.2, 0) is 0 Å². The first-order valence-corrected chi connectivity index (χ1v) is 10.0. The summed E-state index contributed by atoms with van der Waals surface area (Å²) in [6, 6.07) is 1.19. The number of aryl methyl sites for hydroxylation is 1. The van der Waals surface area contributed by atoms with Gasteiger partial charge in [0, 0.05) is 19.1 Å². The Labute approximate surface area is 166 Å². The summed E-state index contributed by atoms with van der Waals surface area (Å²) in [6.45, 7) is 2.32. The molecule has 0 aromatic carbocycles. The average molecular weight is 405 g/mol. The lowest BCUT2D eigenvalue weighted by molar-refractivity contribution is 0.0694. The number of hydrogen-bond acceptors (Lipinski definition) is 4. The maximum Gasteiger partial charge on any atom is 0.341 e. The van der Waals surface area contributed by atoms with Crippen LogP contribution in [0.3, 0.4) is 0 Å². The number of pyridine rings is 2. The highest BCUT2D eigenvalue weighted by Crippen LogP contribution is 2.44. The minimum Gasteiger partial charge on any atom is -0.477 e. The topological polar surface area (TPSA) is 88.0 Å². The maximum absolute atomic E-state index is 15.1. The summed E-state index contributed by atoms with van der Waals surface area (Å²) in [5.41, 5.74) is 7.50. The van der Waals surface area contributed by atoms with Gasteiger partial charge in [-0.2, -0.15) is 0 Å². The van der Waals surface area contributed by atoms with E-state index in [1.54, 1.807) is 6.92 Å². The first-order chi connectivity index (χ1) is 13.8. The fraction of sp³-hybridized carbons (Fsp3) is 0.524. The number of carboxylic acids is 1. The highest BCUT2D eigenvalue weighted by atomic mass is 19.1. The van der Waals surface area contributed by atoms with Crippen molar-refractivity contribution < 1.29 is 18.7 Å². The Balaban J connectivity index is 1.85. The van der Waals surface area contributed by atoms with E-state index in [0.29, 0.717) is 42.7 Å². The van der Waals surface area contributed by atoms with Gasteiger partial charge >= 0.3 is 5.97 Å². The molecule has 2 aromatic rings. The molecule has 1 saturated carbocycles. The van der Waals surface area contributed by atoms with Gasteiger partial charge in [0.05, 0.1) is 24.1 Å². The molecule has 0 spiro atoms. The molecule has 2 aliphatic rings. The van der Waals surface area contributed by atoms with Crippen LogP contribution in [0.25, 0.3) is 5.52 Å². The minimum atomic E-state index is -1.31. The Morgan fingerprint density at radius 1 is 1.34 bits per heavy atom. The second kappa shape index (κ2) is 7.40. The largest absolute Gasteiger partial charge is 0.477 e. The number of alkyl halides is 1. The van der Waals surface area contributed by atoms with Gasteiger partial charge in [0.2, 0.25) is 0 Å². The molecule has 0 unspecified atom stereocenters. The molecule has 1 aliphatic heterocycles. The Kier molecular flexibility index (Phi) is 5.06. The number of anilines is 1. The van der Waals surface area contributed by atoms with E-state index >= 15 is 4.39 Å². The Morgan fingerprint density at radius 2 is 2.07 bits per heavy atom. The third-order valence-electron chi connectivity index (χ3n) is 6.29. The van der Waals surface area contributed by atoms with E-state index < -0.39 is 24.0 Å². The predicted octanol–water partition coefficient (Wildman–Crippen LogP) is 2.84. The van der Waals surface area contributed by atoms with Crippen LogP contribution in [0.5, 0.6) is 0 Å². The van der Waals surface area contributed by atoms with Gasteiger partial charge in [-0.05, 0) is 61.6 Å². The van der Waals surface area contributed by atoms with Gasteiger partial charge in [-0.15, -0.1) is 0 Å². The number of rotatable bonds is 5. The zero-order valence-electron chi connectivity index (χ0n) is 16.3. The van der Waals surface area contributed by atoms with Crippen molar-refractivity contribution in [1.29, 1.82) is 0 Å². The summed E-state index contributed by atoms with van der Waals surface area (Å²) >= 11 is 0. The smallest absolute Gasteiger partial charge is 0.341 e. The third kappa shape index (κ3) is 3.39. The number of fused-ring (bicyclic) bond motifs is 1. The van der Waals surface area contributed by atoms with E-state index in [-0.39, 0.29) is 23.4 Å². The monoisotopic (exact) mass is 405 g/mol. The number of aromatic carboxylic acids is 1. The van der Waals surface area contributed by atoms with Gasteiger partial charge in [-0.25, -0.2) is 9.18 Å². The number of halogens is 2. The number of hydrogen-bond donors (Lipinski definition) is 2. The van der Waals surface area contributed by atoms with E-state index in [9.17, 15) is 19.1 Å². The van der Waals surface area contributed by atoms with E-state index in [4.69, 9.17) is 5.73 Å². The van der Waals surface area contributed by atoms with Crippen LogP contribution in [-0.4, -0.2) is 41.3 Å². The molecule has 0 bridgehead atoms. The van der Waals surface area contributed by atoms with Crippen molar-refractivity contribution >= 4 is 17.2 Å². The van der Waals surface area contributed by atoms with E-state index in [0.717, 1.165) is 29.0 Å². The molecule has 4 rings (SSSR count).